The van der Waals surface area contributed by atoms with Crippen molar-refractivity contribution in [1.29, 1.82) is 0 Å². The normalized spacial score (nSPS) is 15.7. The molecule has 0 spiro atoms. The minimum atomic E-state index is -1.03. The van der Waals surface area contributed by atoms with Crippen LogP contribution in [-0.4, -0.2) is 45.6 Å². The van der Waals surface area contributed by atoms with Crippen LogP contribution in [0.15, 0.2) is 24.3 Å². The molecule has 1 aromatic carbocycles. The van der Waals surface area contributed by atoms with Gasteiger partial charge in [-0.3, -0.25) is 9.59 Å². The van der Waals surface area contributed by atoms with E-state index in [1.807, 2.05) is 0 Å². The van der Waals surface area contributed by atoms with Gasteiger partial charge >= 0.3 is 5.97 Å². The third-order valence-corrected chi connectivity index (χ3v) is 3.29. The topological polar surface area (TPSA) is 104 Å². The van der Waals surface area contributed by atoms with Gasteiger partial charge in [-0.1, -0.05) is 12.1 Å². The van der Waals surface area contributed by atoms with Crippen molar-refractivity contribution < 1.29 is 19.8 Å². The number of hydrogen-bond acceptors (Lipinski definition) is 4. The summed E-state index contributed by atoms with van der Waals surface area (Å²) in [5.41, 5.74) is 6.71. The number of amides is 1. The lowest BCUT2D eigenvalue weighted by atomic mass is 10.1. The molecular weight excluding hydrogens is 260 g/mol. The van der Waals surface area contributed by atoms with E-state index in [-0.39, 0.29) is 24.2 Å². The first-order chi connectivity index (χ1) is 9.47. The van der Waals surface area contributed by atoms with E-state index in [1.165, 1.54) is 17.0 Å². The van der Waals surface area contributed by atoms with Crippen LogP contribution in [0.1, 0.15) is 18.4 Å². The highest BCUT2D eigenvalue weighted by Gasteiger charge is 2.35. The quantitative estimate of drug-likeness (QED) is 0.696. The Morgan fingerprint density at radius 2 is 1.90 bits per heavy atom. The molecule has 1 fully saturated rings. The number of carboxylic acids is 1. The smallest absolute Gasteiger partial charge is 0.323 e. The minimum Gasteiger partial charge on any atom is -0.508 e. The van der Waals surface area contributed by atoms with Crippen molar-refractivity contribution in [2.75, 3.05) is 6.54 Å². The van der Waals surface area contributed by atoms with E-state index in [9.17, 15) is 14.7 Å². The van der Waals surface area contributed by atoms with Crippen molar-refractivity contribution in [3.05, 3.63) is 29.8 Å². The number of carbonyl (C=O) groups excluding carboxylic acids is 1. The number of rotatable bonds is 6. The van der Waals surface area contributed by atoms with Crippen molar-refractivity contribution in [1.82, 2.24) is 4.90 Å². The van der Waals surface area contributed by atoms with Crippen molar-refractivity contribution in [2.45, 2.75) is 31.3 Å². The maximum absolute atomic E-state index is 12.2. The second kappa shape index (κ2) is 5.92. The third-order valence-electron chi connectivity index (χ3n) is 3.29. The number of benzene rings is 1. The van der Waals surface area contributed by atoms with E-state index in [0.29, 0.717) is 6.42 Å². The van der Waals surface area contributed by atoms with Gasteiger partial charge < -0.3 is 20.8 Å². The predicted octanol–water partition coefficient (Wildman–Crippen LogP) is 0.338. The molecule has 1 aliphatic rings. The van der Waals surface area contributed by atoms with Crippen molar-refractivity contribution in [3.8, 4) is 5.75 Å². The fourth-order valence-electron chi connectivity index (χ4n) is 2.11. The monoisotopic (exact) mass is 278 g/mol. The van der Waals surface area contributed by atoms with Crippen LogP contribution in [0.4, 0.5) is 0 Å². The van der Waals surface area contributed by atoms with Gasteiger partial charge in [0.15, 0.2) is 0 Å². The molecule has 1 aliphatic carbocycles. The Morgan fingerprint density at radius 1 is 1.30 bits per heavy atom. The van der Waals surface area contributed by atoms with Gasteiger partial charge in [0, 0.05) is 6.04 Å². The average molecular weight is 278 g/mol. The molecule has 1 amide bonds. The molecule has 6 nitrogen and oxygen atoms in total. The molecule has 0 bridgehead atoms. The Bertz CT molecular complexity index is 496. The number of aromatic hydroxyl groups is 1. The van der Waals surface area contributed by atoms with Crippen LogP contribution >= 0.6 is 0 Å². The Morgan fingerprint density at radius 3 is 2.40 bits per heavy atom. The SMILES string of the molecule is N[C@@H](Cc1ccc(O)cc1)C(=O)N(CC(=O)O)C1CC1. The number of carbonyl (C=O) groups is 2. The molecule has 6 heteroatoms. The lowest BCUT2D eigenvalue weighted by molar-refractivity contribution is -0.145. The Balaban J connectivity index is 1.99. The highest BCUT2D eigenvalue weighted by Crippen LogP contribution is 2.27. The Labute approximate surface area is 116 Å². The number of nitrogens with two attached hydrogens (primary N) is 1. The van der Waals surface area contributed by atoms with Crippen molar-refractivity contribution >= 4 is 11.9 Å². The molecule has 20 heavy (non-hydrogen) atoms. The fourth-order valence-corrected chi connectivity index (χ4v) is 2.11. The van der Waals surface area contributed by atoms with Crippen molar-refractivity contribution in [2.24, 2.45) is 5.73 Å². The second-order valence-corrected chi connectivity index (χ2v) is 5.07. The van der Waals surface area contributed by atoms with E-state index < -0.39 is 12.0 Å². The summed E-state index contributed by atoms with van der Waals surface area (Å²) in [6.07, 6.45) is 2.00. The maximum atomic E-state index is 12.2. The van der Waals surface area contributed by atoms with E-state index in [4.69, 9.17) is 10.8 Å². The van der Waals surface area contributed by atoms with Gasteiger partial charge in [0.2, 0.25) is 5.91 Å². The van der Waals surface area contributed by atoms with Crippen molar-refractivity contribution in [3.63, 3.8) is 0 Å². The highest BCUT2D eigenvalue weighted by molar-refractivity contribution is 5.86. The lowest BCUT2D eigenvalue weighted by Gasteiger charge is -2.24. The summed E-state index contributed by atoms with van der Waals surface area (Å²) >= 11 is 0. The van der Waals surface area contributed by atoms with Gasteiger partial charge in [0.25, 0.3) is 0 Å². The number of phenols is 1. The molecular formula is C14H18N2O4. The Hall–Kier alpha value is -2.08. The first-order valence-corrected chi connectivity index (χ1v) is 6.53. The zero-order valence-corrected chi connectivity index (χ0v) is 11.0. The second-order valence-electron chi connectivity index (χ2n) is 5.07. The number of hydrogen-bond donors (Lipinski definition) is 3. The molecule has 1 aromatic rings. The van der Waals surface area contributed by atoms with Crippen LogP contribution in [0.5, 0.6) is 5.75 Å². The molecule has 0 heterocycles. The van der Waals surface area contributed by atoms with E-state index >= 15 is 0 Å². The first kappa shape index (κ1) is 14.3. The maximum Gasteiger partial charge on any atom is 0.323 e. The van der Waals surface area contributed by atoms with E-state index in [2.05, 4.69) is 0 Å². The molecule has 0 radical (unpaired) electrons. The zero-order chi connectivity index (χ0) is 14.7. The van der Waals surface area contributed by atoms with E-state index in [1.54, 1.807) is 12.1 Å². The number of carboxylic acid groups (broad SMARTS) is 1. The summed E-state index contributed by atoms with van der Waals surface area (Å²) in [6, 6.07) is 5.71. The van der Waals surface area contributed by atoms with Gasteiger partial charge in [-0.25, -0.2) is 0 Å². The summed E-state index contributed by atoms with van der Waals surface area (Å²) in [5.74, 6) is -1.20. The van der Waals surface area contributed by atoms with Gasteiger partial charge in [-0.05, 0) is 37.0 Å². The molecule has 0 aliphatic heterocycles. The summed E-state index contributed by atoms with van der Waals surface area (Å²) in [6.45, 7) is -0.299. The van der Waals surface area contributed by atoms with Crippen LogP contribution in [0.25, 0.3) is 0 Å². The molecule has 0 aromatic heterocycles. The van der Waals surface area contributed by atoms with Crippen LogP contribution in [0, 0.1) is 0 Å². The number of aliphatic carboxylic acids is 1. The molecule has 2 rings (SSSR count). The lowest BCUT2D eigenvalue weighted by Crippen LogP contribution is -2.47. The summed E-state index contributed by atoms with van der Waals surface area (Å²) in [5, 5.41) is 18.0. The Kier molecular flexibility index (Phi) is 4.24. The number of nitrogens with zero attached hydrogens (tertiary/aromatic N) is 1. The fraction of sp³-hybridized carbons (Fsp3) is 0.429. The van der Waals surface area contributed by atoms with Gasteiger partial charge in [-0.15, -0.1) is 0 Å². The summed E-state index contributed by atoms with van der Waals surface area (Å²) in [4.78, 5) is 24.4. The van der Waals surface area contributed by atoms with Crippen LogP contribution in [0.3, 0.4) is 0 Å². The van der Waals surface area contributed by atoms with E-state index in [0.717, 1.165) is 18.4 Å². The molecule has 108 valence electrons. The molecule has 1 saturated carbocycles. The highest BCUT2D eigenvalue weighted by atomic mass is 16.4. The molecule has 0 unspecified atom stereocenters. The third kappa shape index (κ3) is 3.71. The average Bonchev–Trinajstić information content (AvgIpc) is 3.22. The largest absolute Gasteiger partial charge is 0.508 e. The van der Waals surface area contributed by atoms with Gasteiger partial charge in [0.05, 0.1) is 6.04 Å². The summed E-state index contributed by atoms with van der Waals surface area (Å²) < 4.78 is 0. The molecule has 0 saturated heterocycles. The predicted molar refractivity (Wildman–Crippen MR) is 72.2 cm³/mol. The van der Waals surface area contributed by atoms with Crippen LogP contribution in [-0.2, 0) is 16.0 Å². The first-order valence-electron chi connectivity index (χ1n) is 6.53. The number of phenolic OH excluding ortho intramolecular Hbond substituents is 1. The minimum absolute atomic E-state index is 0.0180. The van der Waals surface area contributed by atoms with Gasteiger partial charge in [0.1, 0.15) is 12.3 Å². The summed E-state index contributed by atoms with van der Waals surface area (Å²) in [7, 11) is 0. The van der Waals surface area contributed by atoms with Crippen LogP contribution < -0.4 is 5.73 Å². The zero-order valence-electron chi connectivity index (χ0n) is 11.0. The van der Waals surface area contributed by atoms with Gasteiger partial charge in [-0.2, -0.15) is 0 Å². The van der Waals surface area contributed by atoms with Crippen LogP contribution in [0.2, 0.25) is 0 Å². The molecule has 1 atom stereocenters. The standard InChI is InChI=1S/C14H18N2O4/c15-12(7-9-1-5-11(17)6-2-9)14(20)16(8-13(18)19)10-3-4-10/h1-2,5-6,10,12,17H,3-4,7-8,15H2,(H,18,19)/t12-/m0/s1. The molecule has 4 N–H and O–H groups in total.